The topological polar surface area (TPSA) is 55.6 Å². The Bertz CT molecular complexity index is 581. The number of benzene rings is 1. The van der Waals surface area contributed by atoms with Crippen LogP contribution >= 0.6 is 0 Å². The summed E-state index contributed by atoms with van der Waals surface area (Å²) >= 11 is 0. The van der Waals surface area contributed by atoms with E-state index >= 15 is 0 Å². The van der Waals surface area contributed by atoms with Gasteiger partial charge in [-0.05, 0) is 24.2 Å². The summed E-state index contributed by atoms with van der Waals surface area (Å²) in [4.78, 5) is 12.2. The Morgan fingerprint density at radius 1 is 1.36 bits per heavy atom. The van der Waals surface area contributed by atoms with Gasteiger partial charge in [-0.3, -0.25) is 10.1 Å². The second-order valence-corrected chi connectivity index (χ2v) is 12.0. The van der Waals surface area contributed by atoms with Crippen molar-refractivity contribution in [2.45, 2.75) is 45.0 Å². The number of nitro groups is 1. The summed E-state index contributed by atoms with van der Waals surface area (Å²) in [6.45, 7) is 11.8. The molecule has 1 aromatic carbocycles. The zero-order valence-corrected chi connectivity index (χ0v) is 14.7. The second-order valence-electron chi connectivity index (χ2n) is 7.27. The molecule has 2 rings (SSSR count). The molecule has 1 fully saturated rings. The van der Waals surface area contributed by atoms with E-state index in [1.807, 2.05) is 0 Å². The van der Waals surface area contributed by atoms with Crippen LogP contribution in [0.1, 0.15) is 20.8 Å². The van der Waals surface area contributed by atoms with Crippen LogP contribution < -0.4 is 4.90 Å². The Morgan fingerprint density at radius 3 is 2.45 bits per heavy atom. The van der Waals surface area contributed by atoms with Gasteiger partial charge in [0.1, 0.15) is 0 Å². The van der Waals surface area contributed by atoms with E-state index in [4.69, 9.17) is 4.43 Å². The summed E-state index contributed by atoms with van der Waals surface area (Å²) in [6.07, 6.45) is 0.0140. The van der Waals surface area contributed by atoms with Gasteiger partial charge >= 0.3 is 0 Å². The van der Waals surface area contributed by atoms with E-state index in [-0.39, 0.29) is 22.5 Å². The van der Waals surface area contributed by atoms with Crippen molar-refractivity contribution >= 4 is 19.7 Å². The van der Waals surface area contributed by atoms with Crippen LogP contribution in [0.2, 0.25) is 18.1 Å². The van der Waals surface area contributed by atoms with Gasteiger partial charge in [0.05, 0.1) is 11.0 Å². The smallest absolute Gasteiger partial charge is 0.295 e. The first-order chi connectivity index (χ1) is 10.0. The molecule has 1 heterocycles. The number of anilines is 1. The van der Waals surface area contributed by atoms with Crippen molar-refractivity contribution in [3.8, 4) is 0 Å². The van der Waals surface area contributed by atoms with E-state index in [9.17, 15) is 14.5 Å². The predicted molar refractivity (Wildman–Crippen MR) is 87.3 cm³/mol. The lowest BCUT2D eigenvalue weighted by molar-refractivity contribution is -0.384. The number of nitro benzene ring substituents is 1. The maximum absolute atomic E-state index is 14.0. The highest BCUT2D eigenvalue weighted by Gasteiger charge is 2.43. The number of hydrogen-bond donors (Lipinski definition) is 0. The van der Waals surface area contributed by atoms with Gasteiger partial charge in [0.2, 0.25) is 0 Å². The third-order valence-corrected chi connectivity index (χ3v) is 9.13. The Hall–Kier alpha value is -1.47. The van der Waals surface area contributed by atoms with Crippen LogP contribution in [0.5, 0.6) is 0 Å². The zero-order valence-electron chi connectivity index (χ0n) is 13.7. The van der Waals surface area contributed by atoms with Crippen LogP contribution in [-0.4, -0.2) is 32.4 Å². The van der Waals surface area contributed by atoms with Crippen LogP contribution in [0.4, 0.5) is 15.8 Å². The van der Waals surface area contributed by atoms with E-state index in [2.05, 4.69) is 33.9 Å². The summed E-state index contributed by atoms with van der Waals surface area (Å²) in [5, 5.41) is 11.2. The molecule has 22 heavy (non-hydrogen) atoms. The molecule has 1 aliphatic rings. The largest absolute Gasteiger partial charge is 0.410 e. The van der Waals surface area contributed by atoms with E-state index in [0.29, 0.717) is 13.1 Å². The first kappa shape index (κ1) is 16.9. The standard InChI is InChI=1S/C15H23FN2O3Si/c1-15(2,3)22(4,5)21-11-9-17(10-11)14-12(16)7-6-8-13(14)18(19)20/h6-8,11H,9-10H2,1-5H3. The van der Waals surface area contributed by atoms with Crippen LogP contribution in [0, 0.1) is 15.9 Å². The van der Waals surface area contributed by atoms with E-state index in [0.717, 1.165) is 0 Å². The highest BCUT2D eigenvalue weighted by molar-refractivity contribution is 6.74. The van der Waals surface area contributed by atoms with Gasteiger partial charge in [-0.15, -0.1) is 0 Å². The molecule has 0 spiro atoms. The molecule has 0 bridgehead atoms. The van der Waals surface area contributed by atoms with Crippen molar-refractivity contribution in [1.29, 1.82) is 0 Å². The molecule has 1 saturated heterocycles. The fourth-order valence-electron chi connectivity index (χ4n) is 2.25. The lowest BCUT2D eigenvalue weighted by Gasteiger charge is -2.47. The van der Waals surface area contributed by atoms with Gasteiger partial charge in [-0.1, -0.05) is 26.8 Å². The maximum atomic E-state index is 14.0. The molecule has 1 aliphatic heterocycles. The normalized spacial score (nSPS) is 16.5. The summed E-state index contributed by atoms with van der Waals surface area (Å²) in [5.74, 6) is -0.556. The number of nitrogens with zero attached hydrogens (tertiary/aromatic N) is 2. The highest BCUT2D eigenvalue weighted by Crippen LogP contribution is 2.40. The minimum Gasteiger partial charge on any atom is -0.410 e. The third kappa shape index (κ3) is 3.15. The quantitative estimate of drug-likeness (QED) is 0.478. The molecule has 0 atom stereocenters. The Labute approximate surface area is 131 Å². The summed E-state index contributed by atoms with van der Waals surface area (Å²) in [7, 11) is -1.87. The lowest BCUT2D eigenvalue weighted by atomic mass is 10.1. The minimum absolute atomic E-state index is 0.0140. The van der Waals surface area contributed by atoms with Crippen LogP contribution in [0.25, 0.3) is 0 Å². The van der Waals surface area contributed by atoms with Gasteiger partial charge in [-0.25, -0.2) is 4.39 Å². The fraction of sp³-hybridized carbons (Fsp3) is 0.600. The number of halogens is 1. The molecular weight excluding hydrogens is 303 g/mol. The zero-order chi connectivity index (χ0) is 16.7. The van der Waals surface area contributed by atoms with Crippen molar-refractivity contribution in [3.05, 3.63) is 34.1 Å². The van der Waals surface area contributed by atoms with E-state index in [1.165, 1.54) is 18.2 Å². The van der Waals surface area contributed by atoms with Crippen LogP contribution in [-0.2, 0) is 4.43 Å². The van der Waals surface area contributed by atoms with Crippen LogP contribution in [0.3, 0.4) is 0 Å². The minimum atomic E-state index is -1.87. The van der Waals surface area contributed by atoms with Gasteiger partial charge in [0, 0.05) is 19.2 Å². The Morgan fingerprint density at radius 2 is 1.95 bits per heavy atom. The lowest BCUT2D eigenvalue weighted by Crippen LogP contribution is -2.58. The highest BCUT2D eigenvalue weighted by atomic mass is 28.4. The van der Waals surface area contributed by atoms with E-state index < -0.39 is 19.1 Å². The maximum Gasteiger partial charge on any atom is 0.295 e. The van der Waals surface area contributed by atoms with E-state index in [1.54, 1.807) is 4.90 Å². The summed E-state index contributed by atoms with van der Waals surface area (Å²) in [5.41, 5.74) is -0.117. The SMILES string of the molecule is CC(C)(C)[Si](C)(C)OC1CN(c2c(F)cccc2[N+](=O)[O-])C1. The average Bonchev–Trinajstić information content (AvgIpc) is 2.32. The predicted octanol–water partition coefficient (Wildman–Crippen LogP) is 3.94. The summed E-state index contributed by atoms with van der Waals surface area (Å²) < 4.78 is 20.2. The third-order valence-electron chi connectivity index (χ3n) is 4.59. The molecule has 0 radical (unpaired) electrons. The molecule has 0 N–H and O–H groups in total. The average molecular weight is 326 g/mol. The first-order valence-electron chi connectivity index (χ1n) is 7.38. The Balaban J connectivity index is 2.08. The van der Waals surface area contributed by atoms with Gasteiger partial charge in [0.25, 0.3) is 5.69 Å². The molecule has 7 heteroatoms. The summed E-state index contributed by atoms with van der Waals surface area (Å²) in [6, 6.07) is 3.95. The second kappa shape index (κ2) is 5.62. The molecule has 0 saturated carbocycles. The molecule has 0 aliphatic carbocycles. The van der Waals surface area contributed by atoms with Crippen molar-refractivity contribution in [2.75, 3.05) is 18.0 Å². The van der Waals surface area contributed by atoms with Crippen molar-refractivity contribution in [3.63, 3.8) is 0 Å². The number of para-hydroxylation sites is 1. The van der Waals surface area contributed by atoms with Crippen molar-refractivity contribution in [1.82, 2.24) is 0 Å². The molecule has 0 unspecified atom stereocenters. The molecule has 5 nitrogen and oxygen atoms in total. The first-order valence-corrected chi connectivity index (χ1v) is 10.3. The molecular formula is C15H23FN2O3Si. The van der Waals surface area contributed by atoms with Gasteiger partial charge in [-0.2, -0.15) is 0 Å². The van der Waals surface area contributed by atoms with Crippen LogP contribution in [0.15, 0.2) is 18.2 Å². The molecule has 0 aromatic heterocycles. The molecule has 1 aromatic rings. The molecule has 0 amide bonds. The van der Waals surface area contributed by atoms with Crippen molar-refractivity contribution in [2.24, 2.45) is 0 Å². The fourth-order valence-corrected chi connectivity index (χ4v) is 3.59. The van der Waals surface area contributed by atoms with Gasteiger partial charge < -0.3 is 9.33 Å². The Kier molecular flexibility index (Phi) is 4.32. The number of hydrogen-bond acceptors (Lipinski definition) is 4. The monoisotopic (exact) mass is 326 g/mol. The number of rotatable bonds is 4. The van der Waals surface area contributed by atoms with Gasteiger partial charge in [0.15, 0.2) is 19.8 Å². The van der Waals surface area contributed by atoms with Crippen molar-refractivity contribution < 1.29 is 13.7 Å². The molecule has 122 valence electrons.